The van der Waals surface area contributed by atoms with Gasteiger partial charge in [-0.2, -0.15) is 0 Å². The SMILES string of the molecule is CCCN(Cc1ncc(-c2ccc(-c3ccc(-c4cnc(CN(CCC)C(=O)[C@@H](NC(=O)N(C)C)C(C)C)[nH]4)cc3)cc2)[nH]1)C(=O)[C@@H](N)C(C)C. The summed E-state index contributed by atoms with van der Waals surface area (Å²) in [6.07, 6.45) is 5.22. The summed E-state index contributed by atoms with van der Waals surface area (Å²) in [6, 6.07) is 15.1. The molecule has 12 nitrogen and oxygen atoms in total. The van der Waals surface area contributed by atoms with E-state index >= 15 is 0 Å². The van der Waals surface area contributed by atoms with Crippen molar-refractivity contribution in [2.24, 2.45) is 17.6 Å². The third-order valence-corrected chi connectivity index (χ3v) is 8.89. The average molecular weight is 698 g/mol. The highest BCUT2D eigenvalue weighted by atomic mass is 16.2. The second-order valence-electron chi connectivity index (χ2n) is 14.0. The molecule has 2 aromatic heterocycles. The zero-order valence-corrected chi connectivity index (χ0v) is 31.4. The summed E-state index contributed by atoms with van der Waals surface area (Å²) in [5, 5.41) is 2.87. The van der Waals surface area contributed by atoms with E-state index in [1.807, 2.05) is 41.5 Å². The molecule has 0 unspecified atom stereocenters. The molecule has 0 saturated heterocycles. The molecule has 0 aliphatic carbocycles. The van der Waals surface area contributed by atoms with Gasteiger partial charge < -0.3 is 35.7 Å². The van der Waals surface area contributed by atoms with Crippen LogP contribution in [0, 0.1) is 11.8 Å². The molecular weight excluding hydrogens is 642 g/mol. The van der Waals surface area contributed by atoms with Crippen LogP contribution in [0.5, 0.6) is 0 Å². The lowest BCUT2D eigenvalue weighted by Crippen LogP contribution is -2.53. The third-order valence-electron chi connectivity index (χ3n) is 8.89. The molecule has 0 saturated carbocycles. The molecule has 2 atom stereocenters. The molecule has 5 N–H and O–H groups in total. The van der Waals surface area contributed by atoms with Crippen molar-refractivity contribution in [3.05, 3.63) is 72.6 Å². The largest absolute Gasteiger partial charge is 0.341 e. The van der Waals surface area contributed by atoms with Crippen LogP contribution in [0.1, 0.15) is 66.0 Å². The van der Waals surface area contributed by atoms with E-state index in [0.717, 1.165) is 52.3 Å². The van der Waals surface area contributed by atoms with E-state index in [4.69, 9.17) is 5.73 Å². The number of hydrogen-bond donors (Lipinski definition) is 4. The van der Waals surface area contributed by atoms with Crippen molar-refractivity contribution in [2.75, 3.05) is 27.2 Å². The maximum absolute atomic E-state index is 13.5. The highest BCUT2D eigenvalue weighted by Gasteiger charge is 2.29. The molecule has 4 rings (SSSR count). The number of urea groups is 1. The number of aromatic nitrogens is 4. The lowest BCUT2D eigenvalue weighted by molar-refractivity contribution is -0.135. The molecule has 0 spiro atoms. The first-order chi connectivity index (χ1) is 24.3. The van der Waals surface area contributed by atoms with Crippen LogP contribution in [-0.4, -0.2) is 91.7 Å². The van der Waals surface area contributed by atoms with Gasteiger partial charge in [0.25, 0.3) is 0 Å². The molecule has 0 radical (unpaired) electrons. The zero-order chi connectivity index (χ0) is 37.2. The summed E-state index contributed by atoms with van der Waals surface area (Å²) >= 11 is 0. The number of benzene rings is 2. The summed E-state index contributed by atoms with van der Waals surface area (Å²) in [7, 11) is 3.32. The maximum atomic E-state index is 13.5. The second kappa shape index (κ2) is 17.8. The molecule has 2 heterocycles. The van der Waals surface area contributed by atoms with E-state index in [2.05, 4.69) is 73.8 Å². The Balaban J connectivity index is 1.41. The Morgan fingerprint density at radius 3 is 1.47 bits per heavy atom. The normalized spacial score (nSPS) is 12.5. The summed E-state index contributed by atoms with van der Waals surface area (Å²) in [6.45, 7) is 13.7. The highest BCUT2D eigenvalue weighted by molar-refractivity contribution is 5.87. The summed E-state index contributed by atoms with van der Waals surface area (Å²) < 4.78 is 0. The van der Waals surface area contributed by atoms with Gasteiger partial charge in [0.1, 0.15) is 17.7 Å². The second-order valence-corrected chi connectivity index (χ2v) is 14.0. The van der Waals surface area contributed by atoms with Gasteiger partial charge >= 0.3 is 6.03 Å². The Hall–Kier alpha value is -4.97. The minimum atomic E-state index is -0.632. The molecular formula is C39H55N9O3. The van der Waals surface area contributed by atoms with Crippen LogP contribution in [0.4, 0.5) is 4.79 Å². The van der Waals surface area contributed by atoms with Crippen molar-refractivity contribution < 1.29 is 14.4 Å². The van der Waals surface area contributed by atoms with Gasteiger partial charge in [0, 0.05) is 27.2 Å². The smallest absolute Gasteiger partial charge is 0.317 e. The zero-order valence-electron chi connectivity index (χ0n) is 31.4. The standard InChI is InChI=1S/C39H55N9O3/c1-9-19-47(37(49)35(40)25(3)4)23-33-41-21-31(43-33)29-15-11-27(12-16-29)28-13-17-30(18-14-28)32-22-42-34(44-32)24-48(20-10-2)38(50)36(26(5)6)45-39(51)46(7)8/h11-18,21-22,25-26,35-36H,9-10,19-20,23-24,40H2,1-8H3,(H,41,43)(H,42,44)(H,45,51)/t35-,36-/m0/s1. The fourth-order valence-electron chi connectivity index (χ4n) is 5.77. The predicted octanol–water partition coefficient (Wildman–Crippen LogP) is 5.89. The Morgan fingerprint density at radius 1 is 0.686 bits per heavy atom. The van der Waals surface area contributed by atoms with E-state index in [1.54, 1.807) is 36.3 Å². The van der Waals surface area contributed by atoms with Crippen molar-refractivity contribution in [1.29, 1.82) is 0 Å². The molecule has 51 heavy (non-hydrogen) atoms. The molecule has 0 aliphatic heterocycles. The summed E-state index contributed by atoms with van der Waals surface area (Å²) in [5.41, 5.74) is 12.0. The number of H-pyrrole nitrogens is 2. The first-order valence-corrected chi connectivity index (χ1v) is 17.9. The first-order valence-electron chi connectivity index (χ1n) is 17.9. The van der Waals surface area contributed by atoms with E-state index in [-0.39, 0.29) is 29.7 Å². The van der Waals surface area contributed by atoms with Gasteiger partial charge in [-0.15, -0.1) is 0 Å². The van der Waals surface area contributed by atoms with Crippen LogP contribution in [0.25, 0.3) is 33.6 Å². The molecule has 12 heteroatoms. The summed E-state index contributed by atoms with van der Waals surface area (Å²) in [5.74, 6) is 1.22. The van der Waals surface area contributed by atoms with Gasteiger partial charge in [-0.3, -0.25) is 9.59 Å². The van der Waals surface area contributed by atoms with Gasteiger partial charge in [-0.05, 0) is 46.9 Å². The van der Waals surface area contributed by atoms with Gasteiger partial charge in [-0.1, -0.05) is 90.1 Å². The molecule has 2 aromatic carbocycles. The van der Waals surface area contributed by atoms with Crippen molar-refractivity contribution >= 4 is 17.8 Å². The fraction of sp³-hybridized carbons (Fsp3) is 0.462. The minimum absolute atomic E-state index is 0.0536. The van der Waals surface area contributed by atoms with E-state index in [1.165, 1.54) is 4.90 Å². The quantitative estimate of drug-likeness (QED) is 0.114. The molecule has 0 fully saturated rings. The van der Waals surface area contributed by atoms with E-state index in [0.29, 0.717) is 32.0 Å². The van der Waals surface area contributed by atoms with Crippen molar-refractivity contribution in [3.63, 3.8) is 0 Å². The third kappa shape index (κ3) is 10.1. The highest BCUT2D eigenvalue weighted by Crippen LogP contribution is 2.27. The lowest BCUT2D eigenvalue weighted by atomic mass is 10.0. The Bertz CT molecular complexity index is 1720. The Morgan fingerprint density at radius 2 is 1.10 bits per heavy atom. The number of aromatic amines is 2. The fourth-order valence-corrected chi connectivity index (χ4v) is 5.77. The van der Waals surface area contributed by atoms with Crippen LogP contribution in [0.2, 0.25) is 0 Å². The number of carbonyl (C=O) groups excluding carboxylic acids is 3. The molecule has 0 bridgehead atoms. The van der Waals surface area contributed by atoms with E-state index < -0.39 is 12.1 Å². The van der Waals surface area contributed by atoms with Crippen molar-refractivity contribution in [3.8, 4) is 33.6 Å². The minimum Gasteiger partial charge on any atom is -0.341 e. The Kier molecular flexibility index (Phi) is 13.6. The van der Waals surface area contributed by atoms with Crippen molar-refractivity contribution in [2.45, 2.75) is 79.6 Å². The number of nitrogens with two attached hydrogens (primary N) is 1. The molecule has 4 amide bonds. The number of nitrogens with zero attached hydrogens (tertiary/aromatic N) is 5. The number of hydrogen-bond acceptors (Lipinski definition) is 6. The number of amides is 4. The average Bonchev–Trinajstić information content (AvgIpc) is 3.79. The van der Waals surface area contributed by atoms with Crippen LogP contribution in [0.15, 0.2) is 60.9 Å². The molecule has 0 aliphatic rings. The van der Waals surface area contributed by atoms with Gasteiger partial charge in [-0.25, -0.2) is 14.8 Å². The predicted molar refractivity (Wildman–Crippen MR) is 202 cm³/mol. The maximum Gasteiger partial charge on any atom is 0.317 e. The molecule has 4 aromatic rings. The number of nitrogens with one attached hydrogen (secondary N) is 3. The summed E-state index contributed by atoms with van der Waals surface area (Å²) in [4.78, 5) is 59.7. The van der Waals surface area contributed by atoms with Gasteiger partial charge in [0.2, 0.25) is 11.8 Å². The lowest BCUT2D eigenvalue weighted by Gasteiger charge is -2.30. The number of rotatable bonds is 16. The van der Waals surface area contributed by atoms with Crippen LogP contribution >= 0.6 is 0 Å². The monoisotopic (exact) mass is 697 g/mol. The number of imidazole rings is 2. The van der Waals surface area contributed by atoms with Crippen LogP contribution in [0.3, 0.4) is 0 Å². The first kappa shape index (κ1) is 38.8. The van der Waals surface area contributed by atoms with Gasteiger partial charge in [0.05, 0.1) is 42.9 Å². The number of carbonyl (C=O) groups is 3. The van der Waals surface area contributed by atoms with Crippen LogP contribution < -0.4 is 11.1 Å². The topological polar surface area (TPSA) is 156 Å². The Labute approximate surface area is 302 Å². The van der Waals surface area contributed by atoms with Crippen molar-refractivity contribution in [1.82, 2.24) is 40.0 Å². The molecule has 274 valence electrons. The van der Waals surface area contributed by atoms with Crippen LogP contribution in [-0.2, 0) is 22.7 Å². The van der Waals surface area contributed by atoms with E-state index in [9.17, 15) is 14.4 Å². The van der Waals surface area contributed by atoms with Gasteiger partial charge in [0.15, 0.2) is 0 Å².